The van der Waals surface area contributed by atoms with E-state index in [0.29, 0.717) is 0 Å². The highest BCUT2D eigenvalue weighted by molar-refractivity contribution is 5.71. The Morgan fingerprint density at radius 3 is 2.56 bits per heavy atom. The Morgan fingerprint density at radius 1 is 1.89 bits per heavy atom. The van der Waals surface area contributed by atoms with E-state index in [1.54, 1.807) is 0 Å². The van der Waals surface area contributed by atoms with E-state index in [4.69, 9.17) is 6.48 Å². The minimum Gasteiger partial charge on any atom is -0.481 e. The summed E-state index contributed by atoms with van der Waals surface area (Å²) < 4.78 is 30.9. The van der Waals surface area contributed by atoms with Gasteiger partial charge in [0.15, 0.2) is 0 Å². The highest BCUT2D eigenvalue weighted by atomic mass is 19.3. The van der Waals surface area contributed by atoms with Crippen LogP contribution in [0.4, 0.5) is 8.78 Å². The molecule has 0 aliphatic heterocycles. The maximum atomic E-state index is 12.1. The van der Waals surface area contributed by atoms with Crippen molar-refractivity contribution in [1.29, 1.82) is 0 Å². The highest BCUT2D eigenvalue weighted by Crippen LogP contribution is 2.42. The molecule has 0 amide bonds. The fourth-order valence-electron chi connectivity index (χ4n) is 0.713. The fraction of sp³-hybridized carbons (Fsp3) is 0.800. The van der Waals surface area contributed by atoms with Crippen LogP contribution in [0.3, 0.4) is 0 Å². The molecule has 0 aromatic rings. The number of hydrogen-bond donors (Lipinski definition) is 1. The van der Waals surface area contributed by atoms with Crippen LogP contribution in [0.25, 0.3) is 0 Å². The molecule has 1 saturated carbocycles. The van der Waals surface area contributed by atoms with Crippen LogP contribution in [-0.4, -0.2) is 17.0 Å². The molecular weight excluding hydrogens is 130 g/mol. The van der Waals surface area contributed by atoms with E-state index in [1.165, 1.54) is 0 Å². The van der Waals surface area contributed by atoms with Gasteiger partial charge in [-0.15, -0.1) is 0 Å². The van der Waals surface area contributed by atoms with Gasteiger partial charge in [-0.2, -0.15) is 0 Å². The molecule has 0 saturated heterocycles. The average molecular weight is 137 g/mol. The summed E-state index contributed by atoms with van der Waals surface area (Å²) in [6, 6.07) is 0. The molecule has 4 heteroatoms. The molecule has 2 nitrogen and oxygen atoms in total. The van der Waals surface area contributed by atoms with Crippen LogP contribution in [0.1, 0.15) is 14.2 Å². The quantitative estimate of drug-likeness (QED) is 0.587. The topological polar surface area (TPSA) is 37.3 Å². The van der Waals surface area contributed by atoms with Crippen molar-refractivity contribution >= 4 is 5.97 Å². The van der Waals surface area contributed by atoms with Gasteiger partial charge in [0, 0.05) is 14.2 Å². The summed E-state index contributed by atoms with van der Waals surface area (Å²) in [5.74, 6) is -5.55. The molecule has 1 aliphatic carbocycles. The van der Waals surface area contributed by atoms with Crippen molar-refractivity contribution in [3.8, 4) is 0 Å². The van der Waals surface area contributed by atoms with Crippen molar-refractivity contribution in [2.75, 3.05) is 0 Å². The number of halogens is 2. The van der Waals surface area contributed by atoms with Crippen molar-refractivity contribution in [2.24, 2.45) is 5.92 Å². The standard InChI is InChI=1S/C5H6F2O2/c6-5(7)1-3(2-5)4(8)9/h3H,1-2H2,(H,8,9)/i1D. The molecule has 1 fully saturated rings. The zero-order valence-corrected chi connectivity index (χ0v) is 4.47. The van der Waals surface area contributed by atoms with Gasteiger partial charge in [0.05, 0.1) is 5.92 Å². The minimum absolute atomic E-state index is 0.684. The van der Waals surface area contributed by atoms with Crippen molar-refractivity contribution < 1.29 is 20.1 Å². The van der Waals surface area contributed by atoms with Gasteiger partial charge in [-0.1, -0.05) is 0 Å². The monoisotopic (exact) mass is 137 g/mol. The largest absolute Gasteiger partial charge is 0.481 e. The number of carbonyl (C=O) groups is 1. The van der Waals surface area contributed by atoms with Gasteiger partial charge in [-0.05, 0) is 0 Å². The van der Waals surface area contributed by atoms with Gasteiger partial charge in [-0.3, -0.25) is 4.79 Å². The van der Waals surface area contributed by atoms with Crippen LogP contribution in [0.5, 0.6) is 0 Å². The second kappa shape index (κ2) is 1.65. The third-order valence-corrected chi connectivity index (χ3v) is 1.25. The van der Waals surface area contributed by atoms with Gasteiger partial charge < -0.3 is 5.11 Å². The predicted octanol–water partition coefficient (Wildman–Crippen LogP) is 1.12. The molecule has 0 aromatic heterocycles. The molecule has 1 N–H and O–H groups in total. The maximum Gasteiger partial charge on any atom is 0.306 e. The number of carboxylic acids is 1. The van der Waals surface area contributed by atoms with Gasteiger partial charge >= 0.3 is 5.97 Å². The Balaban J connectivity index is 2.55. The lowest BCUT2D eigenvalue weighted by Gasteiger charge is -2.31. The Morgan fingerprint density at radius 2 is 2.44 bits per heavy atom. The van der Waals surface area contributed by atoms with Crippen molar-refractivity contribution in [2.45, 2.75) is 18.7 Å². The van der Waals surface area contributed by atoms with Gasteiger partial charge in [0.2, 0.25) is 5.92 Å². The maximum absolute atomic E-state index is 12.1. The zero-order chi connectivity index (χ0) is 7.94. The van der Waals surface area contributed by atoms with Crippen molar-refractivity contribution in [3.05, 3.63) is 0 Å². The summed E-state index contributed by atoms with van der Waals surface area (Å²) in [6.45, 7) is 0. The third kappa shape index (κ3) is 1.17. The van der Waals surface area contributed by atoms with Crippen LogP contribution in [0.2, 0.25) is 0 Å². The van der Waals surface area contributed by atoms with Gasteiger partial charge in [-0.25, -0.2) is 8.78 Å². The van der Waals surface area contributed by atoms with Gasteiger partial charge in [0.1, 0.15) is 0 Å². The zero-order valence-electron chi connectivity index (χ0n) is 5.47. The number of aliphatic carboxylic acids is 1. The molecule has 0 heterocycles. The Bertz CT molecular complexity index is 171. The second-order valence-electron chi connectivity index (χ2n) is 2.08. The molecular formula is C5H6F2O2. The molecule has 0 spiro atoms. The highest BCUT2D eigenvalue weighted by Gasteiger charge is 2.48. The van der Waals surface area contributed by atoms with Crippen LogP contribution < -0.4 is 0 Å². The lowest BCUT2D eigenvalue weighted by atomic mass is 9.82. The van der Waals surface area contributed by atoms with Crippen molar-refractivity contribution in [1.82, 2.24) is 0 Å². The fourth-order valence-corrected chi connectivity index (χ4v) is 0.713. The smallest absolute Gasteiger partial charge is 0.306 e. The van der Waals surface area contributed by atoms with Crippen molar-refractivity contribution in [3.63, 3.8) is 0 Å². The van der Waals surface area contributed by atoms with Crippen LogP contribution in [-0.2, 0) is 4.79 Å². The molecule has 2 atom stereocenters. The van der Waals surface area contributed by atoms with E-state index >= 15 is 0 Å². The number of hydrogen-bond acceptors (Lipinski definition) is 1. The lowest BCUT2D eigenvalue weighted by molar-refractivity contribution is -0.165. The first-order chi connectivity index (χ1) is 4.45. The molecule has 0 aromatic carbocycles. The summed E-state index contributed by atoms with van der Waals surface area (Å²) in [7, 11) is 0. The van der Waals surface area contributed by atoms with E-state index in [0.717, 1.165) is 0 Å². The molecule has 52 valence electrons. The third-order valence-electron chi connectivity index (χ3n) is 1.25. The number of alkyl halides is 2. The Hall–Kier alpha value is -0.670. The molecule has 0 bridgehead atoms. The van der Waals surface area contributed by atoms with Crippen LogP contribution >= 0.6 is 0 Å². The predicted molar refractivity (Wildman–Crippen MR) is 25.3 cm³/mol. The van der Waals surface area contributed by atoms with E-state index in [1.807, 2.05) is 0 Å². The summed E-state index contributed by atoms with van der Waals surface area (Å²) >= 11 is 0. The summed E-state index contributed by atoms with van der Waals surface area (Å²) in [6.07, 6.45) is -2.43. The van der Waals surface area contributed by atoms with E-state index in [-0.39, 0.29) is 0 Å². The van der Waals surface area contributed by atoms with Crippen LogP contribution in [0.15, 0.2) is 0 Å². The summed E-state index contributed by atoms with van der Waals surface area (Å²) in [5.41, 5.74) is 0. The Kier molecular flexibility index (Phi) is 0.944. The second-order valence-corrected chi connectivity index (χ2v) is 2.08. The number of carboxylic acid groups (broad SMARTS) is 1. The SMILES string of the molecule is [2H]C1C(C(=O)O)CC1(F)F. The average Bonchev–Trinajstić information content (AvgIpc) is 1.82. The van der Waals surface area contributed by atoms with E-state index in [9.17, 15) is 13.6 Å². The number of rotatable bonds is 1. The minimum atomic E-state index is -3.08. The van der Waals surface area contributed by atoms with Gasteiger partial charge in [0.25, 0.3) is 0 Å². The Labute approximate surface area is 51.9 Å². The first-order valence-electron chi connectivity index (χ1n) is 3.06. The molecule has 0 radical (unpaired) electrons. The summed E-state index contributed by atoms with van der Waals surface area (Å²) in [5, 5.41) is 8.18. The first kappa shape index (κ1) is 5.14. The summed E-state index contributed by atoms with van der Waals surface area (Å²) in [4.78, 5) is 10.0. The first-order valence-corrected chi connectivity index (χ1v) is 2.48. The normalized spacial score (nSPS) is 40.9. The molecule has 1 rings (SSSR count). The lowest BCUT2D eigenvalue weighted by Crippen LogP contribution is -2.39. The molecule has 9 heavy (non-hydrogen) atoms. The molecule has 1 aliphatic rings. The van der Waals surface area contributed by atoms with E-state index in [2.05, 4.69) is 0 Å². The van der Waals surface area contributed by atoms with Crippen LogP contribution in [0, 0.1) is 5.92 Å². The molecule has 2 unspecified atom stereocenters. The van der Waals surface area contributed by atoms with E-state index < -0.39 is 30.6 Å².